The first-order valence-corrected chi connectivity index (χ1v) is 5.27. The Morgan fingerprint density at radius 3 is 2.27 bits per heavy atom. The molecule has 1 amide bonds. The molecule has 1 fully saturated rings. The van der Waals surface area contributed by atoms with Crippen molar-refractivity contribution in [3.05, 3.63) is 0 Å². The van der Waals surface area contributed by atoms with Gasteiger partial charge < -0.3 is 15.3 Å². The average Bonchev–Trinajstić information content (AvgIpc) is 2.19. The highest BCUT2D eigenvalue weighted by molar-refractivity contribution is 5.86. The Hall–Kier alpha value is -1.10. The van der Waals surface area contributed by atoms with Gasteiger partial charge in [0.15, 0.2) is 0 Å². The lowest BCUT2D eigenvalue weighted by Gasteiger charge is -2.42. The summed E-state index contributed by atoms with van der Waals surface area (Å²) in [6, 6.07) is 0. The van der Waals surface area contributed by atoms with E-state index < -0.39 is 11.5 Å². The lowest BCUT2D eigenvalue weighted by molar-refractivity contribution is -0.160. The molecule has 1 heterocycles. The smallest absolute Gasteiger partial charge is 0.329 e. The molecule has 1 rings (SSSR count). The van der Waals surface area contributed by atoms with Crippen LogP contribution in [0.1, 0.15) is 26.7 Å². The minimum absolute atomic E-state index is 0.165. The Morgan fingerprint density at radius 1 is 1.40 bits per heavy atom. The summed E-state index contributed by atoms with van der Waals surface area (Å²) < 4.78 is 0. The predicted molar refractivity (Wildman–Crippen MR) is 55.5 cm³/mol. The third kappa shape index (κ3) is 2.12. The fourth-order valence-electron chi connectivity index (χ4n) is 2.27. The maximum absolute atomic E-state index is 11.4. The summed E-state index contributed by atoms with van der Waals surface area (Å²) in [4.78, 5) is 24.3. The number of piperidine rings is 1. The summed E-state index contributed by atoms with van der Waals surface area (Å²) in [6.07, 6.45) is 0.964. The van der Waals surface area contributed by atoms with Gasteiger partial charge in [-0.2, -0.15) is 0 Å². The summed E-state index contributed by atoms with van der Waals surface area (Å²) in [5.41, 5.74) is -0.994. The van der Waals surface area contributed by atoms with Gasteiger partial charge in [0.2, 0.25) is 5.91 Å². The first-order valence-electron chi connectivity index (χ1n) is 5.27. The van der Waals surface area contributed by atoms with Gasteiger partial charge in [0.05, 0.1) is 0 Å². The van der Waals surface area contributed by atoms with E-state index in [0.717, 1.165) is 0 Å². The van der Waals surface area contributed by atoms with E-state index in [1.54, 1.807) is 0 Å². The van der Waals surface area contributed by atoms with Crippen LogP contribution in [-0.4, -0.2) is 47.1 Å². The molecule has 0 bridgehead atoms. The van der Waals surface area contributed by atoms with E-state index in [2.05, 4.69) is 5.32 Å². The number of hydrogen-bond acceptors (Lipinski definition) is 3. The van der Waals surface area contributed by atoms with Crippen LogP contribution in [0.5, 0.6) is 0 Å². The minimum Gasteiger partial charge on any atom is -0.479 e. The second-order valence-electron chi connectivity index (χ2n) is 3.85. The Morgan fingerprint density at radius 2 is 1.93 bits per heavy atom. The van der Waals surface area contributed by atoms with Crippen molar-refractivity contribution in [2.45, 2.75) is 32.2 Å². The maximum Gasteiger partial charge on any atom is 0.329 e. The van der Waals surface area contributed by atoms with Gasteiger partial charge in [-0.1, -0.05) is 0 Å². The van der Waals surface area contributed by atoms with E-state index in [-0.39, 0.29) is 5.91 Å². The molecule has 1 saturated heterocycles. The van der Waals surface area contributed by atoms with Gasteiger partial charge in [-0.25, -0.2) is 4.79 Å². The third-order valence-electron chi connectivity index (χ3n) is 3.04. The topological polar surface area (TPSA) is 69.6 Å². The molecule has 5 heteroatoms. The van der Waals surface area contributed by atoms with Gasteiger partial charge >= 0.3 is 5.97 Å². The van der Waals surface area contributed by atoms with Crippen LogP contribution in [0.25, 0.3) is 0 Å². The Labute approximate surface area is 89.4 Å². The summed E-state index contributed by atoms with van der Waals surface area (Å²) >= 11 is 0. The summed E-state index contributed by atoms with van der Waals surface area (Å²) in [5, 5.41) is 12.4. The van der Waals surface area contributed by atoms with Crippen molar-refractivity contribution in [3.8, 4) is 0 Å². The molecular formula is C10H18N2O3. The number of carboxylic acids is 1. The molecular weight excluding hydrogens is 196 g/mol. The van der Waals surface area contributed by atoms with Crippen LogP contribution < -0.4 is 5.32 Å². The quantitative estimate of drug-likeness (QED) is 0.697. The minimum atomic E-state index is -0.994. The first kappa shape index (κ1) is 12.0. The summed E-state index contributed by atoms with van der Waals surface area (Å²) in [5.74, 6) is -1.05. The number of nitrogens with one attached hydrogen (secondary N) is 1. The number of aliphatic carboxylic acids is 1. The van der Waals surface area contributed by atoms with Crippen molar-refractivity contribution in [1.82, 2.24) is 10.2 Å². The molecule has 0 aliphatic carbocycles. The zero-order chi connectivity index (χ0) is 11.5. The molecule has 0 aromatic carbocycles. The standard InChI is InChI=1S/C10H18N2O3/c1-3-12(8(2)13)10(9(14)15)4-6-11-7-5-10/h11H,3-7H2,1-2H3,(H,14,15). The molecule has 0 radical (unpaired) electrons. The van der Waals surface area contributed by atoms with Crippen LogP contribution in [0.4, 0.5) is 0 Å². The molecule has 0 unspecified atom stereocenters. The predicted octanol–water partition coefficient (Wildman–Crippen LogP) is 0.0616. The molecule has 0 spiro atoms. The number of carbonyl (C=O) groups excluding carboxylic acids is 1. The Bertz CT molecular complexity index is 259. The maximum atomic E-state index is 11.4. The highest BCUT2D eigenvalue weighted by Gasteiger charge is 2.45. The second kappa shape index (κ2) is 4.61. The van der Waals surface area contributed by atoms with Crippen molar-refractivity contribution in [3.63, 3.8) is 0 Å². The van der Waals surface area contributed by atoms with E-state index in [9.17, 15) is 14.7 Å². The number of hydrogen-bond donors (Lipinski definition) is 2. The number of rotatable bonds is 3. The summed E-state index contributed by atoms with van der Waals surface area (Å²) in [7, 11) is 0. The van der Waals surface area contributed by atoms with E-state index in [4.69, 9.17) is 0 Å². The van der Waals surface area contributed by atoms with Crippen molar-refractivity contribution < 1.29 is 14.7 Å². The largest absolute Gasteiger partial charge is 0.479 e. The van der Waals surface area contributed by atoms with Crippen LogP contribution >= 0.6 is 0 Å². The van der Waals surface area contributed by atoms with Crippen LogP contribution in [0.3, 0.4) is 0 Å². The Balaban J connectivity index is 2.97. The fraction of sp³-hybridized carbons (Fsp3) is 0.800. The van der Waals surface area contributed by atoms with Crippen LogP contribution in [0.15, 0.2) is 0 Å². The number of amides is 1. The normalized spacial score (nSPS) is 19.6. The van der Waals surface area contributed by atoms with Gasteiger partial charge in [-0.3, -0.25) is 4.79 Å². The zero-order valence-corrected chi connectivity index (χ0v) is 9.25. The molecule has 0 atom stereocenters. The number of nitrogens with zero attached hydrogens (tertiary/aromatic N) is 1. The average molecular weight is 214 g/mol. The van der Waals surface area contributed by atoms with E-state index in [0.29, 0.717) is 32.5 Å². The third-order valence-corrected chi connectivity index (χ3v) is 3.04. The molecule has 0 aromatic rings. The van der Waals surface area contributed by atoms with Crippen molar-refractivity contribution in [1.29, 1.82) is 0 Å². The SMILES string of the molecule is CCN(C(C)=O)C1(C(=O)O)CCNCC1. The van der Waals surface area contributed by atoms with Gasteiger partial charge in [0.1, 0.15) is 5.54 Å². The van der Waals surface area contributed by atoms with E-state index >= 15 is 0 Å². The number of likely N-dealkylation sites (N-methyl/N-ethyl adjacent to an activating group) is 1. The van der Waals surface area contributed by atoms with Crippen molar-refractivity contribution in [2.24, 2.45) is 0 Å². The Kier molecular flexibility index (Phi) is 3.68. The molecule has 0 saturated carbocycles. The monoisotopic (exact) mass is 214 g/mol. The van der Waals surface area contributed by atoms with Gasteiger partial charge in [-0.15, -0.1) is 0 Å². The highest BCUT2D eigenvalue weighted by Crippen LogP contribution is 2.26. The molecule has 2 N–H and O–H groups in total. The fourth-order valence-corrected chi connectivity index (χ4v) is 2.27. The molecule has 1 aliphatic heterocycles. The number of carboxylic acid groups (broad SMARTS) is 1. The van der Waals surface area contributed by atoms with Gasteiger partial charge in [0.25, 0.3) is 0 Å². The highest BCUT2D eigenvalue weighted by atomic mass is 16.4. The molecule has 1 aliphatic rings. The zero-order valence-electron chi connectivity index (χ0n) is 9.25. The van der Waals surface area contributed by atoms with Gasteiger partial charge in [-0.05, 0) is 32.9 Å². The lowest BCUT2D eigenvalue weighted by Crippen LogP contribution is -2.60. The summed E-state index contributed by atoms with van der Waals surface area (Å²) in [6.45, 7) is 4.98. The number of carbonyl (C=O) groups is 2. The lowest BCUT2D eigenvalue weighted by atomic mass is 9.86. The van der Waals surface area contributed by atoms with Crippen molar-refractivity contribution in [2.75, 3.05) is 19.6 Å². The molecule has 0 aromatic heterocycles. The molecule has 15 heavy (non-hydrogen) atoms. The van der Waals surface area contributed by atoms with Crippen molar-refractivity contribution >= 4 is 11.9 Å². The van der Waals surface area contributed by atoms with Gasteiger partial charge in [0, 0.05) is 13.5 Å². The van der Waals surface area contributed by atoms with Crippen LogP contribution in [0.2, 0.25) is 0 Å². The second-order valence-corrected chi connectivity index (χ2v) is 3.85. The molecule has 5 nitrogen and oxygen atoms in total. The first-order chi connectivity index (χ1) is 7.04. The van der Waals surface area contributed by atoms with E-state index in [1.807, 2.05) is 6.92 Å². The van der Waals surface area contributed by atoms with Crippen LogP contribution in [0, 0.1) is 0 Å². The van der Waals surface area contributed by atoms with E-state index in [1.165, 1.54) is 11.8 Å². The molecule has 86 valence electrons. The van der Waals surface area contributed by atoms with Crippen LogP contribution in [-0.2, 0) is 9.59 Å².